The summed E-state index contributed by atoms with van der Waals surface area (Å²) in [7, 11) is 0. The summed E-state index contributed by atoms with van der Waals surface area (Å²) in [6.45, 7) is 10.3. The number of benzene rings is 2. The van der Waals surface area contributed by atoms with Crippen LogP contribution >= 0.6 is 23.1 Å². The molecule has 1 amide bonds. The van der Waals surface area contributed by atoms with Gasteiger partial charge >= 0.3 is 0 Å². The molecular formula is C28H29N3OS2. The smallest absolute Gasteiger partial charge is 0.248 e. The molecule has 1 aromatic heterocycles. The second kappa shape index (κ2) is 10.1. The molecule has 174 valence electrons. The maximum absolute atomic E-state index is 11.7. The van der Waals surface area contributed by atoms with E-state index in [0.717, 1.165) is 30.5 Å². The number of aryl methyl sites for hydroxylation is 1. The van der Waals surface area contributed by atoms with E-state index in [1.165, 1.54) is 36.7 Å². The van der Waals surface area contributed by atoms with Crippen LogP contribution in [-0.2, 0) is 13.0 Å². The predicted octanol–water partition coefficient (Wildman–Crippen LogP) is 6.97. The molecule has 2 heterocycles. The molecule has 6 heteroatoms. The van der Waals surface area contributed by atoms with Crippen molar-refractivity contribution in [2.45, 2.75) is 47.1 Å². The third kappa shape index (κ3) is 4.64. The summed E-state index contributed by atoms with van der Waals surface area (Å²) < 4.78 is 1.32. The fourth-order valence-corrected chi connectivity index (χ4v) is 6.74. The average molecular weight is 488 g/mol. The Balaban J connectivity index is 1.63. The number of nitrogens with zero attached hydrogens (tertiary/aromatic N) is 2. The van der Waals surface area contributed by atoms with Crippen molar-refractivity contribution in [3.8, 4) is 6.07 Å². The first kappa shape index (κ1) is 24.1. The van der Waals surface area contributed by atoms with Gasteiger partial charge in [-0.1, -0.05) is 36.9 Å². The zero-order chi connectivity index (χ0) is 24.4. The zero-order valence-corrected chi connectivity index (χ0v) is 21.7. The lowest BCUT2D eigenvalue weighted by Crippen LogP contribution is -2.30. The number of hydrogen-bond acceptors (Lipinski definition) is 5. The number of nitriles is 1. The minimum atomic E-state index is -0.489. The van der Waals surface area contributed by atoms with Crippen molar-refractivity contribution in [3.63, 3.8) is 0 Å². The number of nitrogens with two attached hydrogens (primary N) is 1. The highest BCUT2D eigenvalue weighted by Gasteiger charge is 2.24. The van der Waals surface area contributed by atoms with Gasteiger partial charge in [0, 0.05) is 28.2 Å². The molecule has 1 aliphatic rings. The van der Waals surface area contributed by atoms with Crippen LogP contribution in [0.15, 0.2) is 52.4 Å². The monoisotopic (exact) mass is 487 g/mol. The summed E-state index contributed by atoms with van der Waals surface area (Å²) in [6.07, 6.45) is 1.75. The largest absolute Gasteiger partial charge is 0.366 e. The molecule has 0 aliphatic carbocycles. The normalized spacial score (nSPS) is 14.6. The Kier molecular flexibility index (Phi) is 7.16. The van der Waals surface area contributed by atoms with Crippen LogP contribution < -0.4 is 5.73 Å². The van der Waals surface area contributed by atoms with E-state index in [-0.39, 0.29) is 0 Å². The van der Waals surface area contributed by atoms with Gasteiger partial charge in [-0.3, -0.25) is 4.79 Å². The van der Waals surface area contributed by atoms with Gasteiger partial charge in [0.1, 0.15) is 0 Å². The van der Waals surface area contributed by atoms with Crippen LogP contribution in [-0.4, -0.2) is 17.4 Å². The first-order valence-corrected chi connectivity index (χ1v) is 13.2. The van der Waals surface area contributed by atoms with E-state index in [0.29, 0.717) is 17.7 Å². The fourth-order valence-electron chi connectivity index (χ4n) is 4.43. The van der Waals surface area contributed by atoms with Gasteiger partial charge in [-0.25, -0.2) is 0 Å². The molecule has 0 saturated heterocycles. The minimum Gasteiger partial charge on any atom is -0.366 e. The highest BCUT2D eigenvalue weighted by Crippen LogP contribution is 2.38. The molecule has 4 nitrogen and oxygen atoms in total. The van der Waals surface area contributed by atoms with Crippen LogP contribution in [0.2, 0.25) is 0 Å². The molecule has 1 aliphatic heterocycles. The van der Waals surface area contributed by atoms with Crippen LogP contribution in [0.25, 0.3) is 15.7 Å². The van der Waals surface area contributed by atoms with Crippen molar-refractivity contribution in [3.05, 3.63) is 85.1 Å². The van der Waals surface area contributed by atoms with Gasteiger partial charge < -0.3 is 10.6 Å². The molecule has 2 aromatic carbocycles. The SMILES string of the molecule is CC/C(C)=C(/S/C=C(\C)c1sc2ccccc2c1C)N1CCc2cc(C(N)=O)cc(C#N)c2C1. The molecule has 0 unspecified atom stereocenters. The molecule has 0 radical (unpaired) electrons. The van der Waals surface area contributed by atoms with Gasteiger partial charge in [-0.05, 0) is 90.4 Å². The van der Waals surface area contributed by atoms with E-state index in [4.69, 9.17) is 5.73 Å². The van der Waals surface area contributed by atoms with Crippen molar-refractivity contribution in [1.29, 1.82) is 5.26 Å². The number of rotatable bonds is 6. The summed E-state index contributed by atoms with van der Waals surface area (Å²) >= 11 is 3.62. The molecule has 4 rings (SSSR count). The Morgan fingerprint density at radius 1 is 1.29 bits per heavy atom. The van der Waals surface area contributed by atoms with E-state index in [2.05, 4.69) is 68.3 Å². The van der Waals surface area contributed by atoms with Crippen molar-refractivity contribution in [2.24, 2.45) is 5.73 Å². The third-order valence-corrected chi connectivity index (χ3v) is 9.19. The number of amides is 1. The van der Waals surface area contributed by atoms with Crippen LogP contribution in [0, 0.1) is 18.3 Å². The van der Waals surface area contributed by atoms with Crippen molar-refractivity contribution < 1.29 is 4.79 Å². The quantitative estimate of drug-likeness (QED) is 0.407. The van der Waals surface area contributed by atoms with E-state index in [1.54, 1.807) is 17.8 Å². The molecule has 2 N–H and O–H groups in total. The number of primary amides is 1. The first-order valence-electron chi connectivity index (χ1n) is 11.5. The van der Waals surface area contributed by atoms with Crippen molar-refractivity contribution in [1.82, 2.24) is 4.90 Å². The van der Waals surface area contributed by atoms with Crippen molar-refractivity contribution in [2.75, 3.05) is 6.54 Å². The Hall–Kier alpha value is -3.01. The van der Waals surface area contributed by atoms with E-state index < -0.39 is 5.91 Å². The van der Waals surface area contributed by atoms with Crippen LogP contribution in [0.3, 0.4) is 0 Å². The average Bonchev–Trinajstić information content (AvgIpc) is 3.19. The van der Waals surface area contributed by atoms with Gasteiger partial charge in [0.25, 0.3) is 0 Å². The molecule has 34 heavy (non-hydrogen) atoms. The molecule has 3 aromatic rings. The van der Waals surface area contributed by atoms with Gasteiger partial charge in [-0.15, -0.1) is 11.3 Å². The van der Waals surface area contributed by atoms with Crippen LogP contribution in [0.1, 0.15) is 64.7 Å². The zero-order valence-electron chi connectivity index (χ0n) is 20.1. The van der Waals surface area contributed by atoms with Gasteiger partial charge in [0.15, 0.2) is 0 Å². The molecule has 0 bridgehead atoms. The minimum absolute atomic E-state index is 0.413. The second-order valence-electron chi connectivity index (χ2n) is 8.72. The summed E-state index contributed by atoms with van der Waals surface area (Å²) in [5.41, 5.74) is 12.4. The lowest BCUT2D eigenvalue weighted by molar-refractivity contribution is 0.1000. The Labute approximate surface area is 209 Å². The van der Waals surface area contributed by atoms with Gasteiger partial charge in [-0.2, -0.15) is 5.26 Å². The number of carbonyl (C=O) groups is 1. The summed E-state index contributed by atoms with van der Waals surface area (Å²) in [5.74, 6) is -0.489. The lowest BCUT2D eigenvalue weighted by atomic mass is 9.92. The van der Waals surface area contributed by atoms with Gasteiger partial charge in [0.05, 0.1) is 16.7 Å². The van der Waals surface area contributed by atoms with Crippen LogP contribution in [0.4, 0.5) is 0 Å². The molecule has 0 fully saturated rings. The predicted molar refractivity (Wildman–Crippen MR) is 145 cm³/mol. The second-order valence-corrected chi connectivity index (χ2v) is 10.6. The molecule has 0 saturated carbocycles. The third-order valence-electron chi connectivity index (χ3n) is 6.48. The highest BCUT2D eigenvalue weighted by molar-refractivity contribution is 8.05. The number of carbonyl (C=O) groups excluding carboxylic acids is 1. The number of hydrogen-bond donors (Lipinski definition) is 1. The summed E-state index contributed by atoms with van der Waals surface area (Å²) in [6, 6.07) is 14.3. The first-order chi connectivity index (χ1) is 16.3. The number of thioether (sulfide) groups is 1. The number of thiophene rings is 1. The van der Waals surface area contributed by atoms with Gasteiger partial charge in [0.2, 0.25) is 5.91 Å². The molecule has 0 spiro atoms. The van der Waals surface area contributed by atoms with E-state index in [1.807, 2.05) is 17.4 Å². The van der Waals surface area contributed by atoms with E-state index >= 15 is 0 Å². The Morgan fingerprint density at radius 3 is 2.74 bits per heavy atom. The number of fused-ring (bicyclic) bond motifs is 2. The fraction of sp³-hybridized carbons (Fsp3) is 0.286. The Bertz CT molecular complexity index is 1370. The standard InChI is InChI=1S/C28H29N3OS2/c1-5-17(2)28(33-16-18(3)26-19(4)23-8-6-7-9-25(23)34-26)31-11-10-20-12-21(27(30)32)13-22(14-29)24(20)15-31/h6-9,12-13,16H,5,10-11,15H2,1-4H3,(H2,30,32)/b18-16+,28-17+. The number of allylic oxidation sites excluding steroid dienone is 2. The maximum Gasteiger partial charge on any atom is 0.248 e. The van der Waals surface area contributed by atoms with Crippen molar-refractivity contribution >= 4 is 44.7 Å². The summed E-state index contributed by atoms with van der Waals surface area (Å²) in [4.78, 5) is 15.4. The van der Waals surface area contributed by atoms with Crippen LogP contribution in [0.5, 0.6) is 0 Å². The summed E-state index contributed by atoms with van der Waals surface area (Å²) in [5, 5.41) is 14.6. The topological polar surface area (TPSA) is 70.1 Å². The Morgan fingerprint density at radius 2 is 2.06 bits per heavy atom. The molecule has 0 atom stereocenters. The highest BCUT2D eigenvalue weighted by atomic mass is 32.2. The maximum atomic E-state index is 11.7. The molecular weight excluding hydrogens is 458 g/mol. The lowest BCUT2D eigenvalue weighted by Gasteiger charge is -2.33. The van der Waals surface area contributed by atoms with E-state index in [9.17, 15) is 10.1 Å².